The predicted octanol–water partition coefficient (Wildman–Crippen LogP) is 0.235. The van der Waals surface area contributed by atoms with E-state index in [0.29, 0.717) is 0 Å². The zero-order valence-electron chi connectivity index (χ0n) is 10.5. The second-order valence-corrected chi connectivity index (χ2v) is 5.34. The summed E-state index contributed by atoms with van der Waals surface area (Å²) in [6.45, 7) is 5.76. The number of hydrogen-bond donors (Lipinski definition) is 1. The molecule has 1 aromatic heterocycles. The van der Waals surface area contributed by atoms with Gasteiger partial charge in [0, 0.05) is 13.1 Å². The summed E-state index contributed by atoms with van der Waals surface area (Å²) in [6, 6.07) is 0. The molecule has 0 bridgehead atoms. The number of carbonyl (C=O) groups excluding carboxylic acids is 1. The van der Waals surface area contributed by atoms with Crippen LogP contribution >= 0.6 is 0 Å². The Morgan fingerprint density at radius 3 is 2.72 bits per heavy atom. The van der Waals surface area contributed by atoms with Crippen LogP contribution < -0.4 is 0 Å². The molecule has 1 aliphatic rings. The van der Waals surface area contributed by atoms with Crippen molar-refractivity contribution in [2.45, 2.75) is 26.8 Å². The maximum absolute atomic E-state index is 12.0. The normalized spacial score (nSPS) is 18.0. The SMILES string of the molecule is CC1(C)CCN(C(=O)Cn2cc(C(=O)O)nn2)C1. The zero-order chi connectivity index (χ0) is 13.3. The highest BCUT2D eigenvalue weighted by Crippen LogP contribution is 2.28. The van der Waals surface area contributed by atoms with Crippen LogP contribution in [0.2, 0.25) is 0 Å². The van der Waals surface area contributed by atoms with Crippen molar-refractivity contribution in [2.24, 2.45) is 5.41 Å². The number of nitrogens with zero attached hydrogens (tertiary/aromatic N) is 4. The van der Waals surface area contributed by atoms with Crippen LogP contribution in [0.5, 0.6) is 0 Å². The van der Waals surface area contributed by atoms with Crippen LogP contribution in [-0.4, -0.2) is 50.0 Å². The molecule has 0 spiro atoms. The number of amides is 1. The fraction of sp³-hybridized carbons (Fsp3) is 0.636. The van der Waals surface area contributed by atoms with Gasteiger partial charge in [-0.05, 0) is 11.8 Å². The molecule has 0 radical (unpaired) electrons. The molecule has 0 atom stereocenters. The summed E-state index contributed by atoms with van der Waals surface area (Å²) >= 11 is 0. The number of hydrogen-bond acceptors (Lipinski definition) is 4. The Balaban J connectivity index is 1.97. The monoisotopic (exact) mass is 252 g/mol. The van der Waals surface area contributed by atoms with Crippen LogP contribution in [0.1, 0.15) is 30.8 Å². The molecule has 1 saturated heterocycles. The van der Waals surface area contributed by atoms with Gasteiger partial charge in [0.1, 0.15) is 6.54 Å². The number of likely N-dealkylation sites (tertiary alicyclic amines) is 1. The van der Waals surface area contributed by atoms with Crippen molar-refractivity contribution in [3.05, 3.63) is 11.9 Å². The van der Waals surface area contributed by atoms with E-state index in [0.717, 1.165) is 19.5 Å². The van der Waals surface area contributed by atoms with Gasteiger partial charge in [-0.1, -0.05) is 19.1 Å². The lowest BCUT2D eigenvalue weighted by Gasteiger charge is -2.19. The largest absolute Gasteiger partial charge is 0.476 e. The third-order valence-electron chi connectivity index (χ3n) is 3.09. The lowest BCUT2D eigenvalue weighted by atomic mass is 9.93. The summed E-state index contributed by atoms with van der Waals surface area (Å²) in [5.41, 5.74) is 0.00843. The quantitative estimate of drug-likeness (QED) is 0.832. The highest BCUT2D eigenvalue weighted by molar-refractivity contribution is 5.84. The molecule has 0 unspecified atom stereocenters. The first kappa shape index (κ1) is 12.5. The van der Waals surface area contributed by atoms with Gasteiger partial charge in [-0.25, -0.2) is 9.48 Å². The van der Waals surface area contributed by atoms with Gasteiger partial charge in [-0.2, -0.15) is 0 Å². The molecule has 98 valence electrons. The van der Waals surface area contributed by atoms with Crippen molar-refractivity contribution in [1.82, 2.24) is 19.9 Å². The third kappa shape index (κ3) is 2.66. The smallest absolute Gasteiger partial charge is 0.358 e. The van der Waals surface area contributed by atoms with Crippen molar-refractivity contribution < 1.29 is 14.7 Å². The number of carbonyl (C=O) groups is 2. The molecule has 0 aliphatic carbocycles. The summed E-state index contributed by atoms with van der Waals surface area (Å²) in [5.74, 6) is -1.20. The summed E-state index contributed by atoms with van der Waals surface area (Å²) in [5, 5.41) is 15.8. The molecular weight excluding hydrogens is 236 g/mol. The minimum Gasteiger partial charge on any atom is -0.476 e. The number of carboxylic acids is 1. The minimum atomic E-state index is -1.14. The molecule has 7 heteroatoms. The van der Waals surface area contributed by atoms with Gasteiger partial charge in [-0.3, -0.25) is 4.79 Å². The lowest BCUT2D eigenvalue weighted by molar-refractivity contribution is -0.131. The van der Waals surface area contributed by atoms with Crippen LogP contribution in [-0.2, 0) is 11.3 Å². The molecule has 2 heterocycles. The molecule has 0 aromatic carbocycles. The Morgan fingerprint density at radius 1 is 1.50 bits per heavy atom. The molecule has 1 N–H and O–H groups in total. The third-order valence-corrected chi connectivity index (χ3v) is 3.09. The van der Waals surface area contributed by atoms with Crippen molar-refractivity contribution in [3.8, 4) is 0 Å². The van der Waals surface area contributed by atoms with Gasteiger partial charge in [0.05, 0.1) is 6.20 Å². The van der Waals surface area contributed by atoms with Crippen LogP contribution in [0.25, 0.3) is 0 Å². The Hall–Kier alpha value is -1.92. The molecule has 0 saturated carbocycles. The Labute approximate surface area is 104 Å². The van der Waals surface area contributed by atoms with E-state index in [2.05, 4.69) is 24.2 Å². The van der Waals surface area contributed by atoms with E-state index in [4.69, 9.17) is 5.11 Å². The molecule has 1 amide bonds. The van der Waals surface area contributed by atoms with E-state index in [9.17, 15) is 9.59 Å². The standard InChI is InChI=1S/C11H16N4O3/c1-11(2)3-4-14(7-11)9(16)6-15-5-8(10(17)18)12-13-15/h5H,3-4,6-7H2,1-2H3,(H,17,18). The summed E-state index contributed by atoms with van der Waals surface area (Å²) < 4.78 is 1.26. The second kappa shape index (κ2) is 4.40. The summed E-state index contributed by atoms with van der Waals surface area (Å²) in [7, 11) is 0. The van der Waals surface area contributed by atoms with Crippen molar-refractivity contribution in [3.63, 3.8) is 0 Å². The van der Waals surface area contributed by atoms with E-state index < -0.39 is 5.97 Å². The van der Waals surface area contributed by atoms with E-state index in [1.807, 2.05) is 0 Å². The van der Waals surface area contributed by atoms with Crippen LogP contribution in [0, 0.1) is 5.41 Å². The van der Waals surface area contributed by atoms with Gasteiger partial charge in [0.2, 0.25) is 5.91 Å². The highest BCUT2D eigenvalue weighted by atomic mass is 16.4. The maximum Gasteiger partial charge on any atom is 0.358 e. The average Bonchev–Trinajstić information content (AvgIpc) is 2.84. The fourth-order valence-corrected chi connectivity index (χ4v) is 2.04. The topological polar surface area (TPSA) is 88.3 Å². The van der Waals surface area contributed by atoms with Crippen LogP contribution in [0.3, 0.4) is 0 Å². The first-order valence-electron chi connectivity index (χ1n) is 5.79. The number of aromatic nitrogens is 3. The van der Waals surface area contributed by atoms with Crippen molar-refractivity contribution >= 4 is 11.9 Å². The summed E-state index contributed by atoms with van der Waals surface area (Å²) in [6.07, 6.45) is 2.25. The molecule has 1 aromatic rings. The maximum atomic E-state index is 12.0. The molecule has 18 heavy (non-hydrogen) atoms. The minimum absolute atomic E-state index is 0.0381. The molecule has 7 nitrogen and oxygen atoms in total. The van der Waals surface area contributed by atoms with Gasteiger partial charge in [0.15, 0.2) is 5.69 Å². The van der Waals surface area contributed by atoms with Gasteiger partial charge >= 0.3 is 5.97 Å². The van der Waals surface area contributed by atoms with E-state index in [1.54, 1.807) is 4.90 Å². The van der Waals surface area contributed by atoms with E-state index in [-0.39, 0.29) is 23.6 Å². The van der Waals surface area contributed by atoms with Crippen molar-refractivity contribution in [2.75, 3.05) is 13.1 Å². The zero-order valence-corrected chi connectivity index (χ0v) is 10.5. The Morgan fingerprint density at radius 2 is 2.22 bits per heavy atom. The number of aromatic carboxylic acids is 1. The molecule has 1 aliphatic heterocycles. The second-order valence-electron chi connectivity index (χ2n) is 5.34. The Kier molecular flexibility index (Phi) is 3.06. The Bertz CT molecular complexity index is 480. The van der Waals surface area contributed by atoms with E-state index in [1.165, 1.54) is 10.9 Å². The van der Waals surface area contributed by atoms with Crippen LogP contribution in [0.15, 0.2) is 6.20 Å². The first-order valence-corrected chi connectivity index (χ1v) is 5.79. The van der Waals surface area contributed by atoms with E-state index >= 15 is 0 Å². The van der Waals surface area contributed by atoms with Gasteiger partial charge < -0.3 is 10.0 Å². The first-order chi connectivity index (χ1) is 8.37. The molecule has 2 rings (SSSR count). The van der Waals surface area contributed by atoms with Crippen LogP contribution in [0.4, 0.5) is 0 Å². The number of rotatable bonds is 3. The highest BCUT2D eigenvalue weighted by Gasteiger charge is 2.32. The molecule has 1 fully saturated rings. The number of carboxylic acid groups (broad SMARTS) is 1. The van der Waals surface area contributed by atoms with Gasteiger partial charge in [0.25, 0.3) is 0 Å². The summed E-state index contributed by atoms with van der Waals surface area (Å²) in [4.78, 5) is 24.4. The lowest BCUT2D eigenvalue weighted by Crippen LogP contribution is -2.33. The van der Waals surface area contributed by atoms with Gasteiger partial charge in [-0.15, -0.1) is 5.10 Å². The molecular formula is C11H16N4O3. The average molecular weight is 252 g/mol. The predicted molar refractivity (Wildman–Crippen MR) is 62.0 cm³/mol. The fourth-order valence-electron chi connectivity index (χ4n) is 2.04. The van der Waals surface area contributed by atoms with Crippen molar-refractivity contribution in [1.29, 1.82) is 0 Å².